The number of rotatable bonds is 2. The van der Waals surface area contributed by atoms with Gasteiger partial charge in [-0.25, -0.2) is 0 Å². The number of halogens is 3. The molecule has 2 unspecified atom stereocenters. The minimum atomic E-state index is -2.49. The Balaban J connectivity index is 1.86. The molecule has 2 fully saturated rings. The van der Waals surface area contributed by atoms with Gasteiger partial charge in [0.1, 0.15) is 0 Å². The van der Waals surface area contributed by atoms with E-state index >= 15 is 0 Å². The summed E-state index contributed by atoms with van der Waals surface area (Å²) in [6.45, 7) is 2.36. The van der Waals surface area contributed by atoms with Crippen molar-refractivity contribution in [1.82, 2.24) is 0 Å². The van der Waals surface area contributed by atoms with E-state index in [1.807, 2.05) is 0 Å². The summed E-state index contributed by atoms with van der Waals surface area (Å²) in [7, 11) is 0. The Morgan fingerprint density at radius 1 is 0.941 bits per heavy atom. The lowest BCUT2D eigenvalue weighted by Crippen LogP contribution is -2.32. The van der Waals surface area contributed by atoms with Crippen LogP contribution in [0.1, 0.15) is 58.3 Å². The van der Waals surface area contributed by atoms with Gasteiger partial charge in [-0.15, -0.1) is 0 Å². The Bertz CT molecular complexity index is 241. The van der Waals surface area contributed by atoms with Crippen molar-refractivity contribution in [3.63, 3.8) is 0 Å². The average Bonchev–Trinajstić information content (AvgIpc) is 2.29. The number of alkyl halides is 3. The van der Waals surface area contributed by atoms with E-state index in [1.165, 1.54) is 48.3 Å². The molecule has 2 atom stereocenters. The molecule has 0 amide bonds. The summed E-state index contributed by atoms with van der Waals surface area (Å²) in [5.41, 5.74) is 0. The Hall–Kier alpha value is 0.590. The maximum Gasteiger partial charge on any atom is 0.299 e. The molecule has 17 heavy (non-hydrogen) atoms. The van der Waals surface area contributed by atoms with Crippen LogP contribution < -0.4 is 0 Å². The van der Waals surface area contributed by atoms with Gasteiger partial charge in [-0.2, -0.15) is 8.78 Å². The largest absolute Gasteiger partial charge is 0.299 e. The third kappa shape index (κ3) is 3.54. The van der Waals surface area contributed by atoms with E-state index in [9.17, 15) is 8.78 Å². The standard InChI is InChI=1S/C14H23F2I/c1-10-4-2-3-5-13(10)11-6-8-12(9-7-11)14(15,16)17/h10-13H,2-9H2,1H3. The first-order chi connectivity index (χ1) is 7.98. The molecule has 0 bridgehead atoms. The fourth-order valence-electron chi connectivity index (χ4n) is 3.92. The summed E-state index contributed by atoms with van der Waals surface area (Å²) in [5, 5.41) is 0. The molecule has 0 saturated heterocycles. The van der Waals surface area contributed by atoms with Crippen LogP contribution in [0.3, 0.4) is 0 Å². The minimum absolute atomic E-state index is 0.363. The molecule has 0 heterocycles. The van der Waals surface area contributed by atoms with Crippen LogP contribution in [0.2, 0.25) is 0 Å². The lowest BCUT2D eigenvalue weighted by molar-refractivity contribution is 0.0152. The fraction of sp³-hybridized carbons (Fsp3) is 1.00. The molecular formula is C14H23F2I. The van der Waals surface area contributed by atoms with Gasteiger partial charge in [-0.3, -0.25) is 0 Å². The SMILES string of the molecule is CC1CCCCC1C1CCC(C(F)(F)I)CC1. The molecule has 0 radical (unpaired) electrons. The van der Waals surface area contributed by atoms with Crippen molar-refractivity contribution in [3.8, 4) is 0 Å². The summed E-state index contributed by atoms with van der Waals surface area (Å²) in [6.07, 6.45) is 8.99. The van der Waals surface area contributed by atoms with E-state index in [1.54, 1.807) is 0 Å². The molecule has 100 valence electrons. The average molecular weight is 356 g/mol. The molecule has 2 rings (SSSR count). The third-order valence-electron chi connectivity index (χ3n) is 5.02. The molecule has 0 aromatic rings. The van der Waals surface area contributed by atoms with E-state index in [2.05, 4.69) is 6.92 Å². The lowest BCUT2D eigenvalue weighted by Gasteiger charge is -2.40. The summed E-state index contributed by atoms with van der Waals surface area (Å²) >= 11 is 1.33. The summed E-state index contributed by atoms with van der Waals surface area (Å²) in [6, 6.07) is 0. The van der Waals surface area contributed by atoms with Crippen LogP contribution in [0.4, 0.5) is 8.78 Å². The first kappa shape index (κ1) is 14.0. The topological polar surface area (TPSA) is 0 Å². The molecule has 2 saturated carbocycles. The predicted molar refractivity (Wildman–Crippen MR) is 75.5 cm³/mol. The second kappa shape index (κ2) is 5.70. The highest BCUT2D eigenvalue weighted by atomic mass is 127. The second-order valence-electron chi connectivity index (χ2n) is 6.08. The van der Waals surface area contributed by atoms with Gasteiger partial charge in [0.25, 0.3) is 3.93 Å². The highest BCUT2D eigenvalue weighted by Crippen LogP contribution is 2.47. The smallest absolute Gasteiger partial charge is 0.195 e. The van der Waals surface area contributed by atoms with Gasteiger partial charge < -0.3 is 0 Å². The zero-order chi connectivity index (χ0) is 12.5. The number of hydrogen-bond donors (Lipinski definition) is 0. The van der Waals surface area contributed by atoms with E-state index in [-0.39, 0.29) is 5.92 Å². The molecule has 0 aromatic heterocycles. The van der Waals surface area contributed by atoms with Gasteiger partial charge in [0.05, 0.1) is 0 Å². The summed E-state index contributed by atoms with van der Waals surface area (Å²) in [4.78, 5) is 0. The van der Waals surface area contributed by atoms with Crippen molar-refractivity contribution in [2.24, 2.45) is 23.7 Å². The van der Waals surface area contributed by atoms with Crippen LogP contribution in [-0.2, 0) is 0 Å². The predicted octanol–water partition coefficient (Wildman–Crippen LogP) is 5.65. The molecule has 2 aliphatic rings. The first-order valence-corrected chi connectivity index (χ1v) is 8.13. The van der Waals surface area contributed by atoms with Crippen molar-refractivity contribution in [3.05, 3.63) is 0 Å². The Morgan fingerprint density at radius 2 is 1.53 bits per heavy atom. The second-order valence-corrected chi connectivity index (χ2v) is 7.52. The molecule has 0 aliphatic heterocycles. The van der Waals surface area contributed by atoms with Crippen LogP contribution in [0.25, 0.3) is 0 Å². The highest BCUT2D eigenvalue weighted by molar-refractivity contribution is 14.1. The molecule has 0 aromatic carbocycles. The summed E-state index contributed by atoms with van der Waals surface area (Å²) < 4.78 is 24.0. The first-order valence-electron chi connectivity index (χ1n) is 7.05. The van der Waals surface area contributed by atoms with E-state index < -0.39 is 3.93 Å². The minimum Gasteiger partial charge on any atom is -0.195 e. The molecule has 0 nitrogen and oxygen atoms in total. The summed E-state index contributed by atoms with van der Waals surface area (Å²) in [5.74, 6) is 2.02. The highest BCUT2D eigenvalue weighted by Gasteiger charge is 2.40. The van der Waals surface area contributed by atoms with Crippen molar-refractivity contribution in [2.75, 3.05) is 0 Å². The van der Waals surface area contributed by atoms with Gasteiger partial charge in [0.15, 0.2) is 0 Å². The van der Waals surface area contributed by atoms with Crippen LogP contribution in [0.15, 0.2) is 0 Å². The Labute approximate surface area is 117 Å². The zero-order valence-corrected chi connectivity index (χ0v) is 12.8. The zero-order valence-electron chi connectivity index (χ0n) is 10.6. The van der Waals surface area contributed by atoms with Gasteiger partial charge >= 0.3 is 0 Å². The quantitative estimate of drug-likeness (QED) is 0.443. The molecular weight excluding hydrogens is 333 g/mol. The van der Waals surface area contributed by atoms with E-state index in [4.69, 9.17) is 0 Å². The van der Waals surface area contributed by atoms with Gasteiger partial charge in [-0.05, 0) is 72.4 Å². The van der Waals surface area contributed by atoms with Crippen LogP contribution in [-0.4, -0.2) is 3.93 Å². The van der Waals surface area contributed by atoms with Gasteiger partial charge in [-0.1, -0.05) is 26.2 Å². The molecule has 0 spiro atoms. The molecule has 3 heteroatoms. The van der Waals surface area contributed by atoms with Crippen LogP contribution in [0, 0.1) is 23.7 Å². The fourth-order valence-corrected chi connectivity index (χ4v) is 4.54. The number of hydrogen-bond acceptors (Lipinski definition) is 0. The maximum atomic E-state index is 13.2. The monoisotopic (exact) mass is 356 g/mol. The molecule has 2 aliphatic carbocycles. The van der Waals surface area contributed by atoms with Crippen molar-refractivity contribution < 1.29 is 8.78 Å². The molecule has 0 N–H and O–H groups in total. The van der Waals surface area contributed by atoms with Gasteiger partial charge in [0, 0.05) is 5.92 Å². The third-order valence-corrected chi connectivity index (χ3v) is 5.90. The van der Waals surface area contributed by atoms with Crippen LogP contribution in [0.5, 0.6) is 0 Å². The lowest BCUT2D eigenvalue weighted by atomic mass is 9.67. The van der Waals surface area contributed by atoms with E-state index in [0.717, 1.165) is 43.4 Å². The maximum absolute atomic E-state index is 13.2. The van der Waals surface area contributed by atoms with Crippen molar-refractivity contribution in [1.29, 1.82) is 0 Å². The van der Waals surface area contributed by atoms with E-state index in [0.29, 0.717) is 0 Å². The Morgan fingerprint density at radius 3 is 2.06 bits per heavy atom. The Kier molecular flexibility index (Phi) is 4.70. The normalized spacial score (nSPS) is 40.2. The van der Waals surface area contributed by atoms with Crippen molar-refractivity contribution >= 4 is 22.6 Å². The van der Waals surface area contributed by atoms with Crippen molar-refractivity contribution in [2.45, 2.75) is 62.2 Å². The van der Waals surface area contributed by atoms with Gasteiger partial charge in [0.2, 0.25) is 0 Å². The van der Waals surface area contributed by atoms with Crippen LogP contribution >= 0.6 is 22.6 Å².